The van der Waals surface area contributed by atoms with Gasteiger partial charge in [0.05, 0.1) is 12.7 Å². The monoisotopic (exact) mass is 457 g/mol. The van der Waals surface area contributed by atoms with Crippen LogP contribution in [0.15, 0.2) is 18.3 Å². The number of halogens is 4. The van der Waals surface area contributed by atoms with Gasteiger partial charge in [0.15, 0.2) is 29.8 Å². The molecule has 3 aromatic rings. The number of hydrogen-bond donors (Lipinski definition) is 1. The Labute approximate surface area is 177 Å². The molecule has 164 valence electrons. The average Bonchev–Trinajstić information content (AvgIpc) is 3.31. The van der Waals surface area contributed by atoms with Gasteiger partial charge in [-0.3, -0.25) is 4.79 Å². The summed E-state index contributed by atoms with van der Waals surface area (Å²) >= 11 is 1.18. The highest BCUT2D eigenvalue weighted by Crippen LogP contribution is 2.33. The van der Waals surface area contributed by atoms with Crippen molar-refractivity contribution in [3.63, 3.8) is 0 Å². The Balaban J connectivity index is 1.75. The molecule has 0 spiro atoms. The van der Waals surface area contributed by atoms with Crippen molar-refractivity contribution in [3.8, 4) is 5.75 Å². The first kappa shape index (κ1) is 22.3. The number of nitrogens with one attached hydrogen (secondary N) is 1. The van der Waals surface area contributed by atoms with Crippen molar-refractivity contribution in [2.45, 2.75) is 20.6 Å². The van der Waals surface area contributed by atoms with Crippen LogP contribution in [-0.2, 0) is 11.5 Å². The topological polar surface area (TPSA) is 82.5 Å². The van der Waals surface area contributed by atoms with Gasteiger partial charge in [-0.05, 0) is 25.5 Å². The minimum absolute atomic E-state index is 0.0600. The lowest BCUT2D eigenvalue weighted by atomic mass is 10.1. The molecule has 7 nitrogen and oxygen atoms in total. The van der Waals surface area contributed by atoms with Crippen LogP contribution in [-0.4, -0.2) is 28.8 Å². The van der Waals surface area contributed by atoms with Crippen LogP contribution in [0.3, 0.4) is 0 Å². The van der Waals surface area contributed by atoms with Gasteiger partial charge in [-0.25, -0.2) is 18.3 Å². The van der Waals surface area contributed by atoms with E-state index in [1.165, 1.54) is 30.7 Å². The van der Waals surface area contributed by atoms with Crippen molar-refractivity contribution < 1.29 is 36.6 Å². The molecule has 0 unspecified atom stereocenters. The van der Waals surface area contributed by atoms with Crippen LogP contribution in [0, 0.1) is 37.1 Å². The molecule has 1 amide bonds. The van der Waals surface area contributed by atoms with Crippen molar-refractivity contribution in [3.05, 3.63) is 63.3 Å². The van der Waals surface area contributed by atoms with Gasteiger partial charge in [0.2, 0.25) is 11.6 Å². The van der Waals surface area contributed by atoms with Crippen molar-refractivity contribution in [1.82, 2.24) is 9.78 Å². The Morgan fingerprint density at radius 1 is 1.16 bits per heavy atom. The standard InChI is InChI=1S/C19H15F4N3O4S/c1-8-9(2)31-18(13(8)19(28)29-3)24-17(27)12-4-5-26(25-12)7-30-16-14(22)10(20)6-11(21)15(16)23/h4-6H,7H2,1-3H3,(H,24,27). The number of thiophene rings is 1. The van der Waals surface area contributed by atoms with Gasteiger partial charge >= 0.3 is 5.97 Å². The summed E-state index contributed by atoms with van der Waals surface area (Å²) in [7, 11) is 1.22. The van der Waals surface area contributed by atoms with Gasteiger partial charge in [-0.15, -0.1) is 11.3 Å². The summed E-state index contributed by atoms with van der Waals surface area (Å²) in [5.74, 6) is -9.13. The number of ether oxygens (including phenoxy) is 2. The quantitative estimate of drug-likeness (QED) is 0.341. The number of nitrogens with zero attached hydrogens (tertiary/aromatic N) is 2. The summed E-state index contributed by atoms with van der Waals surface area (Å²) in [6.07, 6.45) is 1.26. The van der Waals surface area contributed by atoms with Gasteiger partial charge in [0, 0.05) is 17.1 Å². The SMILES string of the molecule is COC(=O)c1c(NC(=O)c2ccn(COc3c(F)c(F)cc(F)c3F)n2)sc(C)c1C. The number of rotatable bonds is 6. The number of aromatic nitrogens is 2. The van der Waals surface area contributed by atoms with Crippen LogP contribution >= 0.6 is 11.3 Å². The Bertz CT molecular complexity index is 1150. The molecule has 2 aromatic heterocycles. The lowest BCUT2D eigenvalue weighted by Crippen LogP contribution is -2.16. The average molecular weight is 457 g/mol. The molecule has 0 fully saturated rings. The fourth-order valence-electron chi connectivity index (χ4n) is 2.59. The molecule has 1 aromatic carbocycles. The van der Waals surface area contributed by atoms with Crippen molar-refractivity contribution >= 4 is 28.2 Å². The van der Waals surface area contributed by atoms with E-state index >= 15 is 0 Å². The van der Waals surface area contributed by atoms with Crippen molar-refractivity contribution in [2.24, 2.45) is 0 Å². The van der Waals surface area contributed by atoms with E-state index in [9.17, 15) is 27.2 Å². The molecule has 0 aliphatic heterocycles. The number of anilines is 1. The Morgan fingerprint density at radius 2 is 1.81 bits per heavy atom. The highest BCUT2D eigenvalue weighted by atomic mass is 32.1. The van der Waals surface area contributed by atoms with E-state index in [-0.39, 0.29) is 22.3 Å². The number of carbonyl (C=O) groups is 2. The molecular formula is C19H15F4N3O4S. The maximum atomic E-state index is 13.7. The minimum atomic E-state index is -1.69. The number of esters is 1. The molecular weight excluding hydrogens is 442 g/mol. The fraction of sp³-hybridized carbons (Fsp3) is 0.211. The lowest BCUT2D eigenvalue weighted by Gasteiger charge is -2.09. The summed E-state index contributed by atoms with van der Waals surface area (Å²) in [6.45, 7) is 2.86. The molecule has 3 rings (SSSR count). The predicted octanol–water partition coefficient (Wildman–Crippen LogP) is 4.19. The van der Waals surface area contributed by atoms with Gasteiger partial charge in [0.25, 0.3) is 5.91 Å². The van der Waals surface area contributed by atoms with Crippen LogP contribution in [0.4, 0.5) is 22.6 Å². The third-order valence-electron chi connectivity index (χ3n) is 4.29. The molecule has 0 atom stereocenters. The fourth-order valence-corrected chi connectivity index (χ4v) is 3.64. The molecule has 0 saturated carbocycles. The minimum Gasteiger partial charge on any atom is -0.465 e. The maximum Gasteiger partial charge on any atom is 0.341 e. The highest BCUT2D eigenvalue weighted by molar-refractivity contribution is 7.16. The zero-order valence-corrected chi connectivity index (χ0v) is 17.2. The van der Waals surface area contributed by atoms with Crippen LogP contribution in [0.1, 0.15) is 31.3 Å². The van der Waals surface area contributed by atoms with E-state index < -0.39 is 47.6 Å². The van der Waals surface area contributed by atoms with Crippen molar-refractivity contribution in [2.75, 3.05) is 12.4 Å². The third kappa shape index (κ3) is 4.38. The lowest BCUT2D eigenvalue weighted by molar-refractivity contribution is 0.0601. The summed E-state index contributed by atoms with van der Waals surface area (Å²) in [5, 5.41) is 6.73. The molecule has 0 radical (unpaired) electrons. The number of carbonyl (C=O) groups excluding carboxylic acids is 2. The number of aryl methyl sites for hydroxylation is 1. The van der Waals surface area contributed by atoms with Crippen LogP contribution in [0.5, 0.6) is 5.75 Å². The van der Waals surface area contributed by atoms with Crippen LogP contribution < -0.4 is 10.1 Å². The number of methoxy groups -OCH3 is 1. The Hall–Kier alpha value is -3.41. The smallest absolute Gasteiger partial charge is 0.341 e. The van der Waals surface area contributed by atoms with Gasteiger partial charge in [-0.2, -0.15) is 13.9 Å². The molecule has 0 bridgehead atoms. The Morgan fingerprint density at radius 3 is 2.42 bits per heavy atom. The van der Waals surface area contributed by atoms with E-state index in [0.717, 1.165) is 9.56 Å². The second kappa shape index (κ2) is 8.76. The summed E-state index contributed by atoms with van der Waals surface area (Å²) < 4.78 is 64.3. The molecule has 31 heavy (non-hydrogen) atoms. The largest absolute Gasteiger partial charge is 0.465 e. The second-order valence-electron chi connectivity index (χ2n) is 6.24. The second-order valence-corrected chi connectivity index (χ2v) is 7.47. The molecule has 2 heterocycles. The van der Waals surface area contributed by atoms with Crippen LogP contribution in [0.2, 0.25) is 0 Å². The Kier molecular flexibility index (Phi) is 6.29. The number of benzene rings is 1. The molecule has 12 heteroatoms. The first-order valence-electron chi connectivity index (χ1n) is 8.62. The zero-order chi connectivity index (χ0) is 22.9. The summed E-state index contributed by atoms with van der Waals surface area (Å²) in [6, 6.07) is 1.34. The number of amides is 1. The van der Waals surface area contributed by atoms with E-state index in [2.05, 4.69) is 10.4 Å². The summed E-state index contributed by atoms with van der Waals surface area (Å²) in [5.41, 5.74) is 0.784. The van der Waals surface area contributed by atoms with Gasteiger partial charge < -0.3 is 14.8 Å². The highest BCUT2D eigenvalue weighted by Gasteiger charge is 2.23. The van der Waals surface area contributed by atoms with Gasteiger partial charge in [-0.1, -0.05) is 0 Å². The van der Waals surface area contributed by atoms with Crippen molar-refractivity contribution in [1.29, 1.82) is 0 Å². The van der Waals surface area contributed by atoms with E-state index in [1.807, 2.05) is 0 Å². The van der Waals surface area contributed by atoms with E-state index in [0.29, 0.717) is 5.56 Å². The van der Waals surface area contributed by atoms with Crippen LogP contribution in [0.25, 0.3) is 0 Å². The number of hydrogen-bond acceptors (Lipinski definition) is 6. The van der Waals surface area contributed by atoms with E-state index in [1.54, 1.807) is 13.8 Å². The molecule has 0 saturated heterocycles. The third-order valence-corrected chi connectivity index (χ3v) is 5.41. The summed E-state index contributed by atoms with van der Waals surface area (Å²) in [4.78, 5) is 25.3. The normalized spacial score (nSPS) is 10.8. The first-order chi connectivity index (χ1) is 14.6. The molecule has 1 N–H and O–H groups in total. The first-order valence-corrected chi connectivity index (χ1v) is 9.44. The predicted molar refractivity (Wildman–Crippen MR) is 102 cm³/mol. The molecule has 0 aliphatic rings. The van der Waals surface area contributed by atoms with Gasteiger partial charge in [0.1, 0.15) is 5.00 Å². The zero-order valence-electron chi connectivity index (χ0n) is 16.4. The molecule has 0 aliphatic carbocycles. The van der Waals surface area contributed by atoms with E-state index in [4.69, 9.17) is 9.47 Å². The maximum absolute atomic E-state index is 13.7.